The second-order valence-corrected chi connectivity index (χ2v) is 5.29. The first kappa shape index (κ1) is 9.47. The third-order valence-corrected chi connectivity index (χ3v) is 3.40. The van der Waals surface area contributed by atoms with Gasteiger partial charge >= 0.3 is 0 Å². The van der Waals surface area contributed by atoms with Gasteiger partial charge in [0.05, 0.1) is 5.60 Å². The van der Waals surface area contributed by atoms with Crippen molar-refractivity contribution in [2.24, 2.45) is 5.92 Å². The quantitative estimate of drug-likeness (QED) is 0.703. The molecule has 0 aromatic carbocycles. The minimum atomic E-state index is -0.362. The minimum Gasteiger partial charge on any atom is -0.388 e. The molecule has 2 unspecified atom stereocenters. The molecule has 0 aliphatic carbocycles. The van der Waals surface area contributed by atoms with E-state index in [0.29, 0.717) is 12.0 Å². The molecule has 2 rings (SSSR count). The van der Waals surface area contributed by atoms with E-state index in [-0.39, 0.29) is 5.60 Å². The van der Waals surface area contributed by atoms with Crippen LogP contribution in [0.15, 0.2) is 0 Å². The summed E-state index contributed by atoms with van der Waals surface area (Å²) in [6, 6.07) is 0.698. The Balaban J connectivity index is 1.96. The van der Waals surface area contributed by atoms with E-state index >= 15 is 0 Å². The predicted molar refractivity (Wildman–Crippen MR) is 53.6 cm³/mol. The Morgan fingerprint density at radius 1 is 1.54 bits per heavy atom. The maximum absolute atomic E-state index is 10.3. The lowest BCUT2D eigenvalue weighted by molar-refractivity contribution is 0.0279. The fraction of sp³-hybridized carbons (Fsp3) is 1.00. The second-order valence-electron chi connectivity index (χ2n) is 5.29. The molecule has 0 radical (unpaired) electrons. The monoisotopic (exact) mass is 183 g/mol. The number of rotatable bonds is 2. The molecule has 0 bridgehead atoms. The van der Waals surface area contributed by atoms with E-state index in [1.54, 1.807) is 0 Å². The van der Waals surface area contributed by atoms with Crippen molar-refractivity contribution < 1.29 is 5.11 Å². The first-order valence-electron chi connectivity index (χ1n) is 5.55. The van der Waals surface area contributed by atoms with Crippen LogP contribution < -0.4 is 0 Å². The lowest BCUT2D eigenvalue weighted by Crippen LogP contribution is -2.34. The zero-order valence-corrected chi connectivity index (χ0v) is 8.79. The first-order chi connectivity index (χ1) is 6.09. The summed E-state index contributed by atoms with van der Waals surface area (Å²) in [6.45, 7) is 6.53. The Labute approximate surface area is 80.9 Å². The van der Waals surface area contributed by atoms with E-state index in [2.05, 4.69) is 18.7 Å². The van der Waals surface area contributed by atoms with Gasteiger partial charge in [-0.25, -0.2) is 0 Å². The molecular weight excluding hydrogens is 162 g/mol. The Bertz CT molecular complexity index is 179. The van der Waals surface area contributed by atoms with Gasteiger partial charge in [0.2, 0.25) is 0 Å². The molecule has 2 fully saturated rings. The molecule has 2 heterocycles. The normalized spacial score (nSPS) is 40.2. The van der Waals surface area contributed by atoms with Crippen molar-refractivity contribution >= 4 is 0 Å². The molecule has 0 aromatic rings. The summed E-state index contributed by atoms with van der Waals surface area (Å²) in [5.41, 5.74) is -0.362. The van der Waals surface area contributed by atoms with Gasteiger partial charge in [-0.1, -0.05) is 13.8 Å². The van der Waals surface area contributed by atoms with Crippen molar-refractivity contribution in [3.63, 3.8) is 0 Å². The highest BCUT2D eigenvalue weighted by Gasteiger charge is 2.44. The molecule has 0 spiro atoms. The van der Waals surface area contributed by atoms with Gasteiger partial charge in [0.15, 0.2) is 0 Å². The van der Waals surface area contributed by atoms with Crippen molar-refractivity contribution in [3.8, 4) is 0 Å². The molecule has 2 aliphatic heterocycles. The number of nitrogens with zero attached hydrogens (tertiary/aromatic N) is 1. The van der Waals surface area contributed by atoms with Crippen LogP contribution in [0.2, 0.25) is 0 Å². The number of hydrogen-bond donors (Lipinski definition) is 1. The molecule has 2 heteroatoms. The van der Waals surface area contributed by atoms with E-state index < -0.39 is 0 Å². The van der Waals surface area contributed by atoms with Crippen LogP contribution in [0.1, 0.15) is 39.5 Å². The highest BCUT2D eigenvalue weighted by Crippen LogP contribution is 2.37. The highest BCUT2D eigenvalue weighted by atomic mass is 16.3. The number of hydrogen-bond acceptors (Lipinski definition) is 2. The topological polar surface area (TPSA) is 23.5 Å². The van der Waals surface area contributed by atoms with Gasteiger partial charge in [-0.2, -0.15) is 0 Å². The third kappa shape index (κ3) is 1.89. The summed E-state index contributed by atoms with van der Waals surface area (Å²) in [6.07, 6.45) is 4.63. The molecule has 1 N–H and O–H groups in total. The Kier molecular flexibility index (Phi) is 2.37. The minimum absolute atomic E-state index is 0.362. The van der Waals surface area contributed by atoms with Crippen LogP contribution in [-0.4, -0.2) is 34.7 Å². The Morgan fingerprint density at radius 3 is 2.92 bits per heavy atom. The van der Waals surface area contributed by atoms with Gasteiger partial charge in [-0.15, -0.1) is 0 Å². The average Bonchev–Trinajstić information content (AvgIpc) is 2.41. The van der Waals surface area contributed by atoms with E-state index in [9.17, 15) is 5.11 Å². The maximum Gasteiger partial charge on any atom is 0.0791 e. The lowest BCUT2D eigenvalue weighted by atomic mass is 9.89. The molecule has 2 atom stereocenters. The van der Waals surface area contributed by atoms with Crippen molar-refractivity contribution in [1.82, 2.24) is 4.90 Å². The van der Waals surface area contributed by atoms with E-state index in [4.69, 9.17) is 0 Å². The van der Waals surface area contributed by atoms with Gasteiger partial charge in [0.1, 0.15) is 0 Å². The SMILES string of the molecule is CC(C)CC1(O)CC2CCCN2C1. The van der Waals surface area contributed by atoms with Crippen LogP contribution in [0.25, 0.3) is 0 Å². The van der Waals surface area contributed by atoms with Crippen LogP contribution in [0.5, 0.6) is 0 Å². The third-order valence-electron chi connectivity index (χ3n) is 3.40. The van der Waals surface area contributed by atoms with Gasteiger partial charge in [-0.3, -0.25) is 4.90 Å². The molecule has 2 aliphatic rings. The second kappa shape index (κ2) is 3.25. The van der Waals surface area contributed by atoms with Crippen LogP contribution in [-0.2, 0) is 0 Å². The van der Waals surface area contributed by atoms with Crippen molar-refractivity contribution in [2.75, 3.05) is 13.1 Å². The van der Waals surface area contributed by atoms with Crippen LogP contribution in [0, 0.1) is 5.92 Å². The van der Waals surface area contributed by atoms with Crippen LogP contribution in [0.3, 0.4) is 0 Å². The van der Waals surface area contributed by atoms with Crippen LogP contribution in [0.4, 0.5) is 0 Å². The largest absolute Gasteiger partial charge is 0.388 e. The van der Waals surface area contributed by atoms with E-state index in [1.165, 1.54) is 19.4 Å². The summed E-state index contributed by atoms with van der Waals surface area (Å²) in [7, 11) is 0. The van der Waals surface area contributed by atoms with E-state index in [0.717, 1.165) is 19.4 Å². The Morgan fingerprint density at radius 2 is 2.31 bits per heavy atom. The molecule has 0 aromatic heterocycles. The average molecular weight is 183 g/mol. The molecular formula is C11H21NO. The molecule has 13 heavy (non-hydrogen) atoms. The fourth-order valence-electron chi connectivity index (χ4n) is 3.12. The summed E-state index contributed by atoms with van der Waals surface area (Å²) in [5.74, 6) is 0.616. The van der Waals surface area contributed by atoms with Crippen molar-refractivity contribution in [3.05, 3.63) is 0 Å². The predicted octanol–water partition coefficient (Wildman–Crippen LogP) is 1.63. The fourth-order valence-corrected chi connectivity index (χ4v) is 3.12. The molecule has 0 amide bonds. The summed E-state index contributed by atoms with van der Waals surface area (Å²) in [5, 5.41) is 10.3. The lowest BCUT2D eigenvalue weighted by Gasteiger charge is -2.25. The zero-order valence-electron chi connectivity index (χ0n) is 8.79. The van der Waals surface area contributed by atoms with Gasteiger partial charge in [0, 0.05) is 12.6 Å². The zero-order chi connectivity index (χ0) is 9.47. The summed E-state index contributed by atoms with van der Waals surface area (Å²) in [4.78, 5) is 2.47. The smallest absolute Gasteiger partial charge is 0.0791 e. The Hall–Kier alpha value is -0.0800. The van der Waals surface area contributed by atoms with Crippen molar-refractivity contribution in [2.45, 2.75) is 51.2 Å². The van der Waals surface area contributed by atoms with E-state index in [1.807, 2.05) is 0 Å². The standard InChI is InChI=1S/C11H21NO/c1-9(2)6-11(13)7-10-4-3-5-12(10)8-11/h9-10,13H,3-8H2,1-2H3. The van der Waals surface area contributed by atoms with Gasteiger partial charge in [0.25, 0.3) is 0 Å². The van der Waals surface area contributed by atoms with Crippen molar-refractivity contribution in [1.29, 1.82) is 0 Å². The number of aliphatic hydroxyl groups is 1. The first-order valence-corrected chi connectivity index (χ1v) is 5.55. The molecule has 76 valence electrons. The van der Waals surface area contributed by atoms with Crippen LogP contribution >= 0.6 is 0 Å². The number of fused-ring (bicyclic) bond motifs is 1. The molecule has 2 nitrogen and oxygen atoms in total. The molecule has 0 saturated carbocycles. The molecule has 2 saturated heterocycles. The van der Waals surface area contributed by atoms with Gasteiger partial charge < -0.3 is 5.11 Å². The maximum atomic E-state index is 10.3. The summed E-state index contributed by atoms with van der Waals surface area (Å²) >= 11 is 0. The summed E-state index contributed by atoms with van der Waals surface area (Å²) < 4.78 is 0. The van der Waals surface area contributed by atoms with Gasteiger partial charge in [-0.05, 0) is 38.1 Å². The highest BCUT2D eigenvalue weighted by molar-refractivity contribution is 4.99.